The molecule has 5 N–H and O–H groups in total. The molecule has 0 saturated heterocycles. The number of allylic oxidation sites excluding steroid dienone is 2. The minimum Gasteiger partial charge on any atom is -0.480 e. The smallest absolute Gasteiger partial charge is 0.317 e. The van der Waals surface area contributed by atoms with Crippen LogP contribution in [0.4, 0.5) is 0 Å². The zero-order chi connectivity index (χ0) is 33.7. The van der Waals surface area contributed by atoms with Crippen LogP contribution in [0.1, 0.15) is 96.8 Å². The van der Waals surface area contributed by atoms with Crippen LogP contribution in [-0.2, 0) is 24.0 Å². The fourth-order valence-electron chi connectivity index (χ4n) is 4.89. The Labute approximate surface area is 268 Å². The summed E-state index contributed by atoms with van der Waals surface area (Å²) in [5.74, 6) is -5.01. The van der Waals surface area contributed by atoms with E-state index in [0.717, 1.165) is 37.0 Å². The van der Waals surface area contributed by atoms with Crippen LogP contribution in [0.5, 0.6) is 0 Å². The second-order valence-corrected chi connectivity index (χ2v) is 11.6. The molecule has 0 aliphatic heterocycles. The predicted octanol–water partition coefficient (Wildman–Crippen LogP) is 3.38. The van der Waals surface area contributed by atoms with Gasteiger partial charge in [0.05, 0.1) is 32.7 Å². The number of carbonyl (C=O) groups excluding carboxylic acids is 1. The summed E-state index contributed by atoms with van der Waals surface area (Å²) in [5, 5.41) is 39.4. The van der Waals surface area contributed by atoms with Crippen LogP contribution in [-0.4, -0.2) is 130 Å². The molecule has 0 atom stereocenters. The van der Waals surface area contributed by atoms with Gasteiger partial charge in [-0.25, -0.2) is 0 Å². The largest absolute Gasteiger partial charge is 0.480 e. The Kier molecular flexibility index (Phi) is 26.5. The molecule has 0 rings (SSSR count). The van der Waals surface area contributed by atoms with Gasteiger partial charge < -0.3 is 25.7 Å². The van der Waals surface area contributed by atoms with E-state index in [2.05, 4.69) is 24.4 Å². The number of amides is 1. The summed E-state index contributed by atoms with van der Waals surface area (Å²) in [6.07, 6.45) is 21.3. The number of rotatable bonds is 32. The maximum Gasteiger partial charge on any atom is 0.317 e. The van der Waals surface area contributed by atoms with E-state index in [1.165, 1.54) is 67.6 Å². The molecule has 0 unspecified atom stereocenters. The van der Waals surface area contributed by atoms with Gasteiger partial charge in [-0.1, -0.05) is 76.9 Å². The van der Waals surface area contributed by atoms with Gasteiger partial charge in [0.2, 0.25) is 5.91 Å². The summed E-state index contributed by atoms with van der Waals surface area (Å²) in [5.41, 5.74) is 0. The molecule has 0 heterocycles. The molecule has 0 aliphatic rings. The van der Waals surface area contributed by atoms with Crippen molar-refractivity contribution in [2.24, 2.45) is 0 Å². The summed E-state index contributed by atoms with van der Waals surface area (Å²) >= 11 is 0. The van der Waals surface area contributed by atoms with Gasteiger partial charge in [-0.3, -0.25) is 38.7 Å². The highest BCUT2D eigenvalue weighted by Crippen LogP contribution is 2.10. The molecule has 0 aromatic heterocycles. The highest BCUT2D eigenvalue weighted by molar-refractivity contribution is 5.79. The average Bonchev–Trinajstić information content (AvgIpc) is 2.94. The van der Waals surface area contributed by atoms with Crippen molar-refractivity contribution in [3.63, 3.8) is 0 Å². The standard InChI is InChI=1S/C32H58N4O9/c1-2-3-4-5-6-7-8-9-10-11-12-13-14-15-16-17-18-33-28(37)23-35(25-30(40)41)21-19-34(24-29(38)39)20-22-36(26-31(42)43)27-32(44)45/h9-10H,2-8,11-27H2,1H3,(H,33,37)(H,38,39)(H,40,41)(H,42,43)(H,44,45)/b10-9-. The first kappa shape index (κ1) is 42.0. The zero-order valence-electron chi connectivity index (χ0n) is 27.3. The van der Waals surface area contributed by atoms with Gasteiger partial charge in [0, 0.05) is 32.7 Å². The summed E-state index contributed by atoms with van der Waals surface area (Å²) in [6.45, 7) is 0.931. The Morgan fingerprint density at radius 2 is 0.844 bits per heavy atom. The van der Waals surface area contributed by atoms with Crippen LogP contribution in [0.25, 0.3) is 0 Å². The van der Waals surface area contributed by atoms with E-state index in [9.17, 15) is 34.2 Å². The Morgan fingerprint density at radius 1 is 0.489 bits per heavy atom. The third kappa shape index (κ3) is 29.4. The third-order valence-corrected chi connectivity index (χ3v) is 7.28. The molecule has 0 aromatic carbocycles. The average molecular weight is 643 g/mol. The fourth-order valence-corrected chi connectivity index (χ4v) is 4.89. The first-order valence-electron chi connectivity index (χ1n) is 16.5. The normalized spacial score (nSPS) is 11.6. The molecule has 0 aliphatic carbocycles. The van der Waals surface area contributed by atoms with Gasteiger partial charge in [0.25, 0.3) is 0 Å². The second kappa shape index (κ2) is 28.4. The van der Waals surface area contributed by atoms with Crippen molar-refractivity contribution in [2.75, 3.05) is 65.4 Å². The molecule has 0 radical (unpaired) electrons. The number of carboxylic acids is 4. The molecule has 0 bridgehead atoms. The van der Waals surface area contributed by atoms with Crippen molar-refractivity contribution < 1.29 is 44.4 Å². The van der Waals surface area contributed by atoms with Crippen molar-refractivity contribution in [3.05, 3.63) is 12.2 Å². The van der Waals surface area contributed by atoms with Crippen molar-refractivity contribution in [3.8, 4) is 0 Å². The quantitative estimate of drug-likeness (QED) is 0.0532. The summed E-state index contributed by atoms with van der Waals surface area (Å²) in [6, 6.07) is 0. The monoisotopic (exact) mass is 642 g/mol. The van der Waals surface area contributed by atoms with Crippen molar-refractivity contribution in [1.29, 1.82) is 0 Å². The Hall–Kier alpha value is -3.03. The van der Waals surface area contributed by atoms with Gasteiger partial charge in [-0.05, 0) is 32.1 Å². The molecular weight excluding hydrogens is 584 g/mol. The number of unbranched alkanes of at least 4 members (excludes halogenated alkanes) is 12. The van der Waals surface area contributed by atoms with E-state index in [0.29, 0.717) is 6.54 Å². The van der Waals surface area contributed by atoms with E-state index in [4.69, 9.17) is 10.2 Å². The van der Waals surface area contributed by atoms with Crippen LogP contribution >= 0.6 is 0 Å². The molecule has 0 aromatic rings. The predicted molar refractivity (Wildman–Crippen MR) is 172 cm³/mol. The van der Waals surface area contributed by atoms with E-state index >= 15 is 0 Å². The lowest BCUT2D eigenvalue weighted by Gasteiger charge is -2.27. The maximum absolute atomic E-state index is 12.5. The molecule has 1 amide bonds. The van der Waals surface area contributed by atoms with Gasteiger partial charge >= 0.3 is 23.9 Å². The number of carboxylic acid groups (broad SMARTS) is 4. The molecule has 45 heavy (non-hydrogen) atoms. The van der Waals surface area contributed by atoms with Gasteiger partial charge in [0.15, 0.2) is 0 Å². The molecular formula is C32H58N4O9. The number of carbonyl (C=O) groups is 5. The van der Waals surface area contributed by atoms with Gasteiger partial charge in [-0.2, -0.15) is 0 Å². The van der Waals surface area contributed by atoms with E-state index in [1.54, 1.807) is 0 Å². The zero-order valence-corrected chi connectivity index (χ0v) is 27.3. The van der Waals surface area contributed by atoms with Crippen LogP contribution in [0.15, 0.2) is 12.2 Å². The van der Waals surface area contributed by atoms with Crippen molar-refractivity contribution >= 4 is 29.8 Å². The number of hydrogen-bond acceptors (Lipinski definition) is 8. The Bertz CT molecular complexity index is 854. The molecule has 0 fully saturated rings. The third-order valence-electron chi connectivity index (χ3n) is 7.28. The van der Waals surface area contributed by atoms with Crippen molar-refractivity contribution in [1.82, 2.24) is 20.0 Å². The van der Waals surface area contributed by atoms with Crippen LogP contribution < -0.4 is 5.32 Å². The Balaban J connectivity index is 4.30. The summed E-state index contributed by atoms with van der Waals surface area (Å²) in [7, 11) is 0. The lowest BCUT2D eigenvalue weighted by atomic mass is 10.1. The van der Waals surface area contributed by atoms with Crippen molar-refractivity contribution in [2.45, 2.75) is 96.8 Å². The number of nitrogens with zero attached hydrogens (tertiary/aromatic N) is 3. The van der Waals surface area contributed by atoms with Crippen LogP contribution in [0, 0.1) is 0 Å². The lowest BCUT2D eigenvalue weighted by molar-refractivity contribution is -0.143. The maximum atomic E-state index is 12.5. The highest BCUT2D eigenvalue weighted by Gasteiger charge is 2.19. The Morgan fingerprint density at radius 3 is 1.29 bits per heavy atom. The van der Waals surface area contributed by atoms with E-state index in [-0.39, 0.29) is 38.6 Å². The first-order valence-corrected chi connectivity index (χ1v) is 16.5. The van der Waals surface area contributed by atoms with Gasteiger partial charge in [0.1, 0.15) is 0 Å². The highest BCUT2D eigenvalue weighted by atomic mass is 16.4. The SMILES string of the molecule is CCCCCCCC/C=C\CCCCCCCCNC(=O)CN(CCN(CCN(CC(=O)O)CC(=O)O)CC(=O)O)CC(=O)O. The molecule has 260 valence electrons. The lowest BCUT2D eigenvalue weighted by Crippen LogP contribution is -2.46. The first-order chi connectivity index (χ1) is 21.5. The molecule has 13 heteroatoms. The number of aliphatic carboxylic acids is 4. The van der Waals surface area contributed by atoms with Gasteiger partial charge in [-0.15, -0.1) is 0 Å². The fraction of sp³-hybridized carbons (Fsp3) is 0.781. The minimum atomic E-state index is -1.21. The minimum absolute atomic E-state index is 0.0122. The topological polar surface area (TPSA) is 188 Å². The molecule has 0 saturated carbocycles. The molecule has 0 spiro atoms. The van der Waals surface area contributed by atoms with E-state index < -0.39 is 50.1 Å². The number of hydrogen-bond donors (Lipinski definition) is 5. The molecule has 13 nitrogen and oxygen atoms in total. The second-order valence-electron chi connectivity index (χ2n) is 11.6. The number of nitrogens with one attached hydrogen (secondary N) is 1. The summed E-state index contributed by atoms with van der Waals surface area (Å²) < 4.78 is 0. The van der Waals surface area contributed by atoms with E-state index in [1.807, 2.05) is 0 Å². The van der Waals surface area contributed by atoms with Crippen LogP contribution in [0.2, 0.25) is 0 Å². The summed E-state index contributed by atoms with van der Waals surface area (Å²) in [4.78, 5) is 61.2. The van der Waals surface area contributed by atoms with Crippen LogP contribution in [0.3, 0.4) is 0 Å².